The van der Waals surface area contributed by atoms with Crippen molar-refractivity contribution < 1.29 is 18.0 Å². The van der Waals surface area contributed by atoms with Crippen LogP contribution in [0.4, 0.5) is 10.5 Å². The molecule has 34 heavy (non-hydrogen) atoms. The summed E-state index contributed by atoms with van der Waals surface area (Å²) >= 11 is 0. The summed E-state index contributed by atoms with van der Waals surface area (Å²) in [6.45, 7) is 0.543. The molecule has 9 heteroatoms. The van der Waals surface area contributed by atoms with Crippen LogP contribution in [0.1, 0.15) is 58.3 Å². The maximum absolute atomic E-state index is 12.8. The van der Waals surface area contributed by atoms with Crippen molar-refractivity contribution in [2.75, 3.05) is 11.9 Å². The summed E-state index contributed by atoms with van der Waals surface area (Å²) in [4.78, 5) is 31.1. The molecule has 1 aromatic carbocycles. The Kier molecular flexibility index (Phi) is 6.12. The second-order valence-corrected chi connectivity index (χ2v) is 10.7. The molecule has 1 fully saturated rings. The minimum atomic E-state index is -4.02. The van der Waals surface area contributed by atoms with E-state index in [1.807, 2.05) is 0 Å². The molecule has 2 heterocycles. The largest absolute Gasteiger partial charge is 0.333 e. The third-order valence-corrected chi connectivity index (χ3v) is 7.88. The first-order valence-corrected chi connectivity index (χ1v) is 13.4. The summed E-state index contributed by atoms with van der Waals surface area (Å²) in [6, 6.07) is 4.53. The summed E-state index contributed by atoms with van der Waals surface area (Å²) < 4.78 is 27.4. The molecule has 0 spiro atoms. The lowest BCUT2D eigenvalue weighted by Gasteiger charge is -2.22. The van der Waals surface area contributed by atoms with E-state index in [1.54, 1.807) is 23.2 Å². The first-order valence-electron chi connectivity index (χ1n) is 11.8. The molecule has 2 N–H and O–H groups in total. The van der Waals surface area contributed by atoms with Crippen LogP contribution in [0, 0.1) is 0 Å². The van der Waals surface area contributed by atoms with Crippen molar-refractivity contribution in [1.82, 2.24) is 14.6 Å². The number of likely N-dealkylation sites (tertiary alicyclic amines) is 1. The first-order chi connectivity index (χ1) is 16.4. The van der Waals surface area contributed by atoms with Gasteiger partial charge in [0, 0.05) is 30.0 Å². The highest BCUT2D eigenvalue weighted by Crippen LogP contribution is 2.38. The number of nitrogens with zero attached hydrogens (tertiary/aromatic N) is 2. The van der Waals surface area contributed by atoms with E-state index in [9.17, 15) is 18.0 Å². The second kappa shape index (κ2) is 9.21. The quantitative estimate of drug-likeness (QED) is 0.682. The van der Waals surface area contributed by atoms with Gasteiger partial charge in [-0.2, -0.15) is 0 Å². The Balaban J connectivity index is 1.27. The number of urea groups is 1. The Morgan fingerprint density at radius 1 is 1.06 bits per heavy atom. The zero-order chi connectivity index (χ0) is 23.7. The van der Waals surface area contributed by atoms with Gasteiger partial charge in [0.2, 0.25) is 0 Å². The minimum absolute atomic E-state index is 0.185. The molecule has 1 aliphatic heterocycles. The molecule has 0 saturated carbocycles. The van der Waals surface area contributed by atoms with Crippen molar-refractivity contribution in [3.05, 3.63) is 69.9 Å². The highest BCUT2D eigenvalue weighted by atomic mass is 32.2. The number of anilines is 1. The summed E-state index contributed by atoms with van der Waals surface area (Å²) in [5, 5.41) is 3.83. The van der Waals surface area contributed by atoms with Gasteiger partial charge < -0.3 is 10.2 Å². The van der Waals surface area contributed by atoms with Crippen molar-refractivity contribution in [3.63, 3.8) is 0 Å². The summed E-state index contributed by atoms with van der Waals surface area (Å²) in [6.07, 6.45) is 11.9. The first kappa shape index (κ1) is 22.6. The number of hydrogen-bond acceptors (Lipinski definition) is 5. The third-order valence-electron chi connectivity index (χ3n) is 6.89. The van der Waals surface area contributed by atoms with Crippen LogP contribution in [0.3, 0.4) is 0 Å². The van der Waals surface area contributed by atoms with Crippen LogP contribution in [0.25, 0.3) is 0 Å². The normalized spacial score (nSPS) is 19.3. The predicted molar refractivity (Wildman–Crippen MR) is 129 cm³/mol. The molecule has 3 amide bonds. The van der Waals surface area contributed by atoms with E-state index < -0.39 is 16.1 Å². The molecule has 0 unspecified atom stereocenters. The zero-order valence-corrected chi connectivity index (χ0v) is 19.7. The second-order valence-electron chi connectivity index (χ2n) is 9.11. The van der Waals surface area contributed by atoms with E-state index in [1.165, 1.54) is 23.4 Å². The van der Waals surface area contributed by atoms with Crippen molar-refractivity contribution >= 4 is 27.6 Å². The van der Waals surface area contributed by atoms with Gasteiger partial charge in [-0.25, -0.2) is 17.9 Å². The molecular weight excluding hydrogens is 452 g/mol. The van der Waals surface area contributed by atoms with Crippen LogP contribution in [-0.2, 0) is 35.7 Å². The summed E-state index contributed by atoms with van der Waals surface area (Å²) in [7, 11) is -4.02. The molecule has 8 nitrogen and oxygen atoms in total. The van der Waals surface area contributed by atoms with Crippen molar-refractivity contribution in [3.8, 4) is 0 Å². The predicted octanol–water partition coefficient (Wildman–Crippen LogP) is 3.33. The lowest BCUT2D eigenvalue weighted by Crippen LogP contribution is -2.36. The Hall–Kier alpha value is -3.20. The highest BCUT2D eigenvalue weighted by Gasteiger charge is 2.29. The van der Waals surface area contributed by atoms with E-state index in [0.717, 1.165) is 67.2 Å². The van der Waals surface area contributed by atoms with E-state index in [4.69, 9.17) is 0 Å². The smallest absolute Gasteiger partial charge is 0.332 e. The number of carbonyl (C=O) groups excluding carboxylic acids is 2. The van der Waals surface area contributed by atoms with E-state index >= 15 is 0 Å². The Morgan fingerprint density at radius 3 is 2.47 bits per heavy atom. The van der Waals surface area contributed by atoms with Gasteiger partial charge in [0.15, 0.2) is 0 Å². The van der Waals surface area contributed by atoms with Gasteiger partial charge in [-0.05, 0) is 91.8 Å². The molecule has 1 saturated heterocycles. The van der Waals surface area contributed by atoms with Gasteiger partial charge in [0.05, 0.1) is 11.6 Å². The van der Waals surface area contributed by atoms with Gasteiger partial charge in [-0.1, -0.05) is 6.07 Å². The Labute approximate surface area is 199 Å². The number of carbonyl (C=O) groups is 2. The molecule has 5 rings (SSSR count). The van der Waals surface area contributed by atoms with Gasteiger partial charge in [-0.3, -0.25) is 9.78 Å². The average molecular weight is 481 g/mol. The average Bonchev–Trinajstić information content (AvgIpc) is 3.57. The van der Waals surface area contributed by atoms with E-state index in [2.05, 4.69) is 21.1 Å². The summed E-state index contributed by atoms with van der Waals surface area (Å²) in [5.41, 5.74) is 6.06. The van der Waals surface area contributed by atoms with Gasteiger partial charge in [-0.15, -0.1) is 0 Å². The lowest BCUT2D eigenvalue weighted by atomic mass is 9.99. The number of pyridine rings is 1. The molecule has 1 atom stereocenters. The number of aromatic nitrogens is 1. The molecule has 0 bridgehead atoms. The number of sulfonamides is 1. The molecule has 2 aromatic rings. The fourth-order valence-corrected chi connectivity index (χ4v) is 6.13. The SMILES string of the molecule is O=C(Nc1c2c(cc3c1CCC3)CCC2)NS(=O)(=O)/C=C/[C@@H]1CCCN1C(=O)c1cccnc1. The third kappa shape index (κ3) is 4.57. The van der Waals surface area contributed by atoms with Crippen LogP contribution < -0.4 is 10.0 Å². The van der Waals surface area contributed by atoms with Crippen molar-refractivity contribution in [1.29, 1.82) is 0 Å². The molecule has 0 radical (unpaired) electrons. The van der Waals surface area contributed by atoms with E-state index in [-0.39, 0.29) is 11.9 Å². The number of benzene rings is 1. The van der Waals surface area contributed by atoms with Crippen LogP contribution >= 0.6 is 0 Å². The van der Waals surface area contributed by atoms with Gasteiger partial charge >= 0.3 is 6.03 Å². The monoisotopic (exact) mass is 480 g/mol. The molecule has 1 aromatic heterocycles. The standard InChI is InChI=1S/C25H28N4O4S/c30-24(19-7-3-12-26-16-19)29-13-4-8-20(29)11-14-34(32,33)28-25(31)27-23-21-9-1-5-17(21)15-18-6-2-10-22(18)23/h3,7,11-12,14-16,20H,1-2,4-6,8-10,13H2,(H2,27,28,31)/b14-11+/t20-/m0/s1. The maximum Gasteiger partial charge on any atom is 0.333 e. The fourth-order valence-electron chi connectivity index (χ4n) is 5.36. The number of rotatable bonds is 5. The van der Waals surface area contributed by atoms with Crippen LogP contribution in [0.15, 0.2) is 42.1 Å². The number of aryl methyl sites for hydroxylation is 2. The van der Waals surface area contributed by atoms with E-state index in [0.29, 0.717) is 18.5 Å². The number of fused-ring (bicyclic) bond motifs is 2. The minimum Gasteiger partial charge on any atom is -0.332 e. The van der Waals surface area contributed by atoms with Crippen LogP contribution in [0.2, 0.25) is 0 Å². The fraction of sp³-hybridized carbons (Fsp3) is 0.400. The number of amides is 3. The maximum atomic E-state index is 12.8. The van der Waals surface area contributed by atoms with Gasteiger partial charge in [0.25, 0.3) is 15.9 Å². The van der Waals surface area contributed by atoms with Crippen molar-refractivity contribution in [2.45, 2.75) is 57.4 Å². The Morgan fingerprint density at radius 2 is 1.79 bits per heavy atom. The van der Waals surface area contributed by atoms with Crippen LogP contribution in [-0.4, -0.2) is 42.8 Å². The topological polar surface area (TPSA) is 108 Å². The zero-order valence-electron chi connectivity index (χ0n) is 18.9. The van der Waals surface area contributed by atoms with Crippen molar-refractivity contribution in [2.24, 2.45) is 0 Å². The lowest BCUT2D eigenvalue weighted by molar-refractivity contribution is 0.0761. The summed E-state index contributed by atoms with van der Waals surface area (Å²) in [5.74, 6) is -0.185. The molecule has 2 aliphatic carbocycles. The molecule has 178 valence electrons. The van der Waals surface area contributed by atoms with Crippen LogP contribution in [0.5, 0.6) is 0 Å². The molecular formula is C25H28N4O4S. The number of hydrogen-bond donors (Lipinski definition) is 2. The Bertz CT molecular complexity index is 1230. The highest BCUT2D eigenvalue weighted by molar-refractivity contribution is 7.92. The molecule has 3 aliphatic rings. The van der Waals surface area contributed by atoms with Gasteiger partial charge in [0.1, 0.15) is 0 Å². The number of nitrogens with one attached hydrogen (secondary N) is 2.